The maximum absolute atomic E-state index is 4.90. The lowest BCUT2D eigenvalue weighted by atomic mass is 9.92. The fourth-order valence-corrected chi connectivity index (χ4v) is 4.09. The number of hydrogen-bond donors (Lipinski definition) is 1. The monoisotopic (exact) mass is 444 g/mol. The lowest BCUT2D eigenvalue weighted by Gasteiger charge is -2.20. The molecule has 0 amide bonds. The van der Waals surface area contributed by atoms with Crippen molar-refractivity contribution in [1.82, 2.24) is 34.3 Å². The largest absolute Gasteiger partial charge is 0.368 e. The third-order valence-corrected chi connectivity index (χ3v) is 5.80. The van der Waals surface area contributed by atoms with Crippen molar-refractivity contribution >= 4 is 22.5 Å². The van der Waals surface area contributed by atoms with E-state index in [1.807, 2.05) is 90.1 Å². The van der Waals surface area contributed by atoms with Crippen LogP contribution >= 0.6 is 0 Å². The van der Waals surface area contributed by atoms with Crippen molar-refractivity contribution in [2.45, 2.75) is 5.92 Å². The third-order valence-electron chi connectivity index (χ3n) is 5.80. The molecule has 0 radical (unpaired) electrons. The number of nitrogens with zero attached hydrogens (tertiary/aromatic N) is 7. The number of fused-ring (bicyclic) bond motifs is 2. The minimum Gasteiger partial charge on any atom is -0.368 e. The first-order chi connectivity index (χ1) is 16.8. The van der Waals surface area contributed by atoms with E-state index in [0.717, 1.165) is 22.3 Å². The fourth-order valence-electron chi connectivity index (χ4n) is 4.09. The van der Waals surface area contributed by atoms with Gasteiger partial charge >= 0.3 is 0 Å². The van der Waals surface area contributed by atoms with Crippen molar-refractivity contribution < 1.29 is 0 Å². The molecule has 0 fully saturated rings. The highest BCUT2D eigenvalue weighted by molar-refractivity contribution is 5.90. The van der Waals surface area contributed by atoms with E-state index < -0.39 is 0 Å². The Hall–Kier alpha value is -4.72. The topological polar surface area (TPSA) is 93.8 Å². The van der Waals surface area contributed by atoms with Crippen molar-refractivity contribution in [2.24, 2.45) is 0 Å². The van der Waals surface area contributed by atoms with Crippen LogP contribution in [0, 0.1) is 0 Å². The van der Waals surface area contributed by atoms with Crippen LogP contribution in [0.5, 0.6) is 0 Å². The molecular weight excluding hydrogens is 424 g/mol. The average molecular weight is 445 g/mol. The molecule has 1 N–H and O–H groups in total. The van der Waals surface area contributed by atoms with Gasteiger partial charge in [0.25, 0.3) is 0 Å². The highest BCUT2D eigenvalue weighted by Gasteiger charge is 2.16. The summed E-state index contributed by atoms with van der Waals surface area (Å²) in [5.41, 5.74) is 4.02. The summed E-state index contributed by atoms with van der Waals surface area (Å²) in [6.45, 7) is 0.646. The van der Waals surface area contributed by atoms with E-state index in [1.165, 1.54) is 11.1 Å². The van der Waals surface area contributed by atoms with Crippen molar-refractivity contribution in [3.8, 4) is 11.4 Å². The number of nitrogens with one attached hydrogen (secondary N) is 1. The van der Waals surface area contributed by atoms with Gasteiger partial charge in [0, 0.05) is 67.4 Å². The first-order valence-corrected chi connectivity index (χ1v) is 10.9. The Morgan fingerprint density at radius 1 is 0.794 bits per heavy atom. The van der Waals surface area contributed by atoms with Crippen molar-refractivity contribution in [1.29, 1.82) is 0 Å². The number of rotatable bonds is 6. The highest BCUT2D eigenvalue weighted by atomic mass is 15.1. The SMILES string of the molecule is c1ccc2c(NCC(c3ccncc3)c3ccncc3)nc(-c3cnc4nccn4c3)nc2c1. The fraction of sp³-hybridized carbons (Fsp3) is 0.0769. The molecule has 6 rings (SSSR count). The maximum atomic E-state index is 4.90. The second-order valence-electron chi connectivity index (χ2n) is 7.88. The molecule has 8 nitrogen and oxygen atoms in total. The molecule has 8 heteroatoms. The van der Waals surface area contributed by atoms with Gasteiger partial charge in [0.2, 0.25) is 5.78 Å². The van der Waals surface area contributed by atoms with Crippen LogP contribution in [0.2, 0.25) is 0 Å². The van der Waals surface area contributed by atoms with E-state index >= 15 is 0 Å². The Morgan fingerprint density at radius 3 is 2.29 bits per heavy atom. The van der Waals surface area contributed by atoms with Crippen LogP contribution in [0.25, 0.3) is 28.1 Å². The zero-order valence-electron chi connectivity index (χ0n) is 18.2. The number of anilines is 1. The molecule has 0 spiro atoms. The summed E-state index contributed by atoms with van der Waals surface area (Å²) >= 11 is 0. The molecule has 0 aliphatic carbocycles. The molecule has 0 bridgehead atoms. The molecule has 0 saturated heterocycles. The van der Waals surface area contributed by atoms with Gasteiger partial charge in [-0.05, 0) is 47.5 Å². The van der Waals surface area contributed by atoms with Gasteiger partial charge in [0.05, 0.1) is 11.1 Å². The Labute approximate surface area is 195 Å². The van der Waals surface area contributed by atoms with Crippen LogP contribution in [0.15, 0.2) is 98.1 Å². The quantitative estimate of drug-likeness (QED) is 0.408. The number of hydrogen-bond acceptors (Lipinski definition) is 7. The van der Waals surface area contributed by atoms with Crippen LogP contribution in [0.4, 0.5) is 5.82 Å². The normalized spacial score (nSPS) is 11.3. The van der Waals surface area contributed by atoms with Crippen molar-refractivity contribution in [3.63, 3.8) is 0 Å². The minimum atomic E-state index is 0.104. The number of pyridine rings is 2. The van der Waals surface area contributed by atoms with Crippen LogP contribution in [-0.4, -0.2) is 40.8 Å². The van der Waals surface area contributed by atoms with E-state index in [-0.39, 0.29) is 5.92 Å². The standard InChI is InChI=1S/C26H20N8/c1-2-4-23-21(3-1)25(33-24(32-23)20-15-31-26-29-13-14-34(26)17-20)30-16-22(18-5-9-27-10-6-18)19-7-11-28-12-8-19/h1-15,17,22H,16H2,(H,30,32,33). The van der Waals surface area contributed by atoms with Gasteiger partial charge < -0.3 is 5.32 Å². The van der Waals surface area contributed by atoms with Gasteiger partial charge in [0.15, 0.2) is 5.82 Å². The summed E-state index contributed by atoms with van der Waals surface area (Å²) in [7, 11) is 0. The lowest BCUT2D eigenvalue weighted by Crippen LogP contribution is -2.15. The summed E-state index contributed by atoms with van der Waals surface area (Å²) in [5, 5.41) is 4.56. The van der Waals surface area contributed by atoms with E-state index in [9.17, 15) is 0 Å². The second-order valence-corrected chi connectivity index (χ2v) is 7.88. The molecule has 0 aliphatic rings. The van der Waals surface area contributed by atoms with E-state index in [0.29, 0.717) is 18.1 Å². The zero-order chi connectivity index (χ0) is 22.7. The number of para-hydroxylation sites is 1. The molecule has 1 aromatic carbocycles. The molecule has 0 unspecified atom stereocenters. The van der Waals surface area contributed by atoms with E-state index in [2.05, 4.69) is 25.3 Å². The molecule has 6 aromatic rings. The molecule has 0 saturated carbocycles. The Morgan fingerprint density at radius 2 is 1.53 bits per heavy atom. The number of imidazole rings is 1. The molecule has 164 valence electrons. The third kappa shape index (κ3) is 3.81. The van der Waals surface area contributed by atoms with E-state index in [1.54, 1.807) is 12.4 Å². The first kappa shape index (κ1) is 19.9. The van der Waals surface area contributed by atoms with Gasteiger partial charge in [-0.15, -0.1) is 0 Å². The van der Waals surface area contributed by atoms with Gasteiger partial charge in [-0.3, -0.25) is 14.4 Å². The molecule has 5 aromatic heterocycles. The van der Waals surface area contributed by atoms with Crippen LogP contribution in [0.1, 0.15) is 17.0 Å². The summed E-state index contributed by atoms with van der Waals surface area (Å²) in [4.78, 5) is 26.7. The molecule has 0 aliphatic heterocycles. The summed E-state index contributed by atoms with van der Waals surface area (Å²) in [6.07, 6.45) is 14.6. The Bertz CT molecular complexity index is 1520. The molecule has 0 atom stereocenters. The summed E-state index contributed by atoms with van der Waals surface area (Å²) < 4.78 is 1.86. The zero-order valence-corrected chi connectivity index (χ0v) is 18.2. The maximum Gasteiger partial charge on any atom is 0.233 e. The molecular formula is C26H20N8. The van der Waals surface area contributed by atoms with Crippen molar-refractivity contribution in [2.75, 3.05) is 11.9 Å². The minimum absolute atomic E-state index is 0.104. The average Bonchev–Trinajstić information content (AvgIpc) is 3.38. The Kier molecular flexibility index (Phi) is 5.08. The van der Waals surface area contributed by atoms with Crippen LogP contribution < -0.4 is 5.32 Å². The summed E-state index contributed by atoms with van der Waals surface area (Å²) in [6, 6.07) is 16.2. The Balaban J connectivity index is 1.40. The van der Waals surface area contributed by atoms with Crippen molar-refractivity contribution in [3.05, 3.63) is 109 Å². The van der Waals surface area contributed by atoms with Gasteiger partial charge in [-0.1, -0.05) is 12.1 Å². The van der Waals surface area contributed by atoms with E-state index in [4.69, 9.17) is 9.97 Å². The second kappa shape index (κ2) is 8.67. The number of benzene rings is 1. The predicted molar refractivity (Wildman–Crippen MR) is 130 cm³/mol. The first-order valence-electron chi connectivity index (χ1n) is 10.9. The van der Waals surface area contributed by atoms with Crippen LogP contribution in [-0.2, 0) is 0 Å². The molecule has 5 heterocycles. The van der Waals surface area contributed by atoms with Gasteiger partial charge in [-0.2, -0.15) is 0 Å². The lowest BCUT2D eigenvalue weighted by molar-refractivity contribution is 0.844. The smallest absolute Gasteiger partial charge is 0.233 e. The van der Waals surface area contributed by atoms with Gasteiger partial charge in [0.1, 0.15) is 5.82 Å². The molecule has 34 heavy (non-hydrogen) atoms. The number of aromatic nitrogens is 7. The summed E-state index contributed by atoms with van der Waals surface area (Å²) in [5.74, 6) is 2.13. The highest BCUT2D eigenvalue weighted by Crippen LogP contribution is 2.28. The van der Waals surface area contributed by atoms with Gasteiger partial charge in [-0.25, -0.2) is 19.9 Å². The van der Waals surface area contributed by atoms with Crippen LogP contribution in [0.3, 0.4) is 0 Å². The predicted octanol–water partition coefficient (Wildman–Crippen LogP) is 4.37.